The highest BCUT2D eigenvalue weighted by molar-refractivity contribution is 5.56. The van der Waals surface area contributed by atoms with Crippen molar-refractivity contribution in [3.8, 4) is 0 Å². The Bertz CT molecular complexity index is 496. The Morgan fingerprint density at radius 2 is 2.17 bits per heavy atom. The zero-order valence-corrected chi connectivity index (χ0v) is 10.4. The van der Waals surface area contributed by atoms with Gasteiger partial charge in [0.15, 0.2) is 5.82 Å². The molecule has 0 aliphatic carbocycles. The van der Waals surface area contributed by atoms with Crippen LogP contribution < -0.4 is 11.1 Å². The van der Waals surface area contributed by atoms with Crippen LogP contribution in [0.2, 0.25) is 0 Å². The molecule has 0 amide bonds. The second-order valence-corrected chi connectivity index (χ2v) is 4.20. The summed E-state index contributed by atoms with van der Waals surface area (Å²) in [6.45, 7) is 4.77. The van der Waals surface area contributed by atoms with Crippen LogP contribution >= 0.6 is 0 Å². The van der Waals surface area contributed by atoms with Crippen molar-refractivity contribution < 1.29 is 4.52 Å². The fraction of sp³-hybridized carbons (Fsp3) is 0.455. The van der Waals surface area contributed by atoms with E-state index in [1.807, 2.05) is 0 Å². The molecule has 7 nitrogen and oxygen atoms in total. The molecule has 3 N–H and O–H groups in total. The molecule has 2 aromatic heterocycles. The highest BCUT2D eigenvalue weighted by Gasteiger charge is 2.12. The largest absolute Gasteiger partial charge is 0.383 e. The summed E-state index contributed by atoms with van der Waals surface area (Å²) in [4.78, 5) is 12.2. The van der Waals surface area contributed by atoms with Gasteiger partial charge in [-0.2, -0.15) is 4.98 Å². The monoisotopic (exact) mass is 248 g/mol. The normalized spacial score (nSPS) is 10.8. The van der Waals surface area contributed by atoms with Crippen molar-refractivity contribution in [2.45, 2.75) is 26.2 Å². The highest BCUT2D eigenvalue weighted by Crippen LogP contribution is 2.25. The predicted molar refractivity (Wildman–Crippen MR) is 67.0 cm³/mol. The summed E-state index contributed by atoms with van der Waals surface area (Å²) in [6, 6.07) is 0. The number of nitrogen functional groups attached to an aromatic ring is 1. The number of rotatable bonds is 5. The van der Waals surface area contributed by atoms with E-state index < -0.39 is 0 Å². The van der Waals surface area contributed by atoms with Crippen molar-refractivity contribution in [3.05, 3.63) is 24.1 Å². The fourth-order valence-corrected chi connectivity index (χ4v) is 1.71. The minimum absolute atomic E-state index is 0.263. The summed E-state index contributed by atoms with van der Waals surface area (Å²) in [6.07, 6.45) is 3.44. The second kappa shape index (κ2) is 5.44. The topological polar surface area (TPSA) is 103 Å². The van der Waals surface area contributed by atoms with E-state index in [9.17, 15) is 0 Å². The van der Waals surface area contributed by atoms with Crippen molar-refractivity contribution in [1.29, 1.82) is 0 Å². The highest BCUT2D eigenvalue weighted by atomic mass is 16.5. The number of anilines is 2. The Kier molecular flexibility index (Phi) is 3.71. The molecule has 0 saturated heterocycles. The van der Waals surface area contributed by atoms with Gasteiger partial charge in [0, 0.05) is 18.5 Å². The van der Waals surface area contributed by atoms with E-state index in [4.69, 9.17) is 5.73 Å². The number of nitrogens with zero attached hydrogens (tertiary/aromatic N) is 4. The van der Waals surface area contributed by atoms with Crippen LogP contribution in [0.5, 0.6) is 0 Å². The van der Waals surface area contributed by atoms with E-state index in [0.29, 0.717) is 24.6 Å². The van der Waals surface area contributed by atoms with E-state index in [2.05, 4.69) is 43.8 Å². The maximum atomic E-state index is 5.86. The lowest BCUT2D eigenvalue weighted by Crippen LogP contribution is -2.12. The summed E-state index contributed by atoms with van der Waals surface area (Å²) in [5.74, 6) is 2.21. The molecule has 0 atom stereocenters. The van der Waals surface area contributed by atoms with Gasteiger partial charge >= 0.3 is 0 Å². The van der Waals surface area contributed by atoms with Crippen LogP contribution in [0, 0.1) is 0 Å². The third-order valence-corrected chi connectivity index (χ3v) is 2.54. The predicted octanol–water partition coefficient (Wildman–Crippen LogP) is 1.22. The lowest BCUT2D eigenvalue weighted by atomic mass is 10.0. The molecule has 96 valence electrons. The van der Waals surface area contributed by atoms with E-state index in [-0.39, 0.29) is 5.92 Å². The third kappa shape index (κ3) is 2.73. The van der Waals surface area contributed by atoms with Gasteiger partial charge in [-0.15, -0.1) is 0 Å². The number of hydrogen-bond donors (Lipinski definition) is 2. The van der Waals surface area contributed by atoms with Crippen LogP contribution in [-0.2, 0) is 6.42 Å². The smallest absolute Gasteiger partial charge is 0.213 e. The standard InChI is InChI=1S/C11H16N6O/c1-7(2)9-10(12)14-5-15-11(9)13-4-3-8-16-6-18-17-8/h5-7H,3-4H2,1-2H3,(H3,12,13,14,15). The van der Waals surface area contributed by atoms with Crippen LogP contribution in [0.4, 0.5) is 11.6 Å². The van der Waals surface area contributed by atoms with Gasteiger partial charge in [-0.1, -0.05) is 19.0 Å². The molecule has 0 aromatic carbocycles. The van der Waals surface area contributed by atoms with Gasteiger partial charge in [-0.05, 0) is 5.92 Å². The maximum absolute atomic E-state index is 5.86. The first kappa shape index (κ1) is 12.3. The number of aromatic nitrogens is 4. The summed E-state index contributed by atoms with van der Waals surface area (Å²) >= 11 is 0. The summed E-state index contributed by atoms with van der Waals surface area (Å²) in [7, 11) is 0. The molecular formula is C11H16N6O. The van der Waals surface area contributed by atoms with Crippen molar-refractivity contribution in [2.75, 3.05) is 17.6 Å². The minimum Gasteiger partial charge on any atom is -0.383 e. The Hall–Kier alpha value is -2.18. The number of nitrogens with two attached hydrogens (primary N) is 1. The average molecular weight is 248 g/mol. The molecule has 0 aliphatic rings. The maximum Gasteiger partial charge on any atom is 0.213 e. The fourth-order valence-electron chi connectivity index (χ4n) is 1.71. The summed E-state index contributed by atoms with van der Waals surface area (Å²) in [5.41, 5.74) is 6.79. The molecule has 2 rings (SSSR count). The molecule has 0 unspecified atom stereocenters. The third-order valence-electron chi connectivity index (χ3n) is 2.54. The van der Waals surface area contributed by atoms with Crippen molar-refractivity contribution in [1.82, 2.24) is 20.1 Å². The Morgan fingerprint density at radius 1 is 1.33 bits per heavy atom. The first-order valence-corrected chi connectivity index (χ1v) is 5.78. The number of hydrogen-bond acceptors (Lipinski definition) is 7. The first-order valence-electron chi connectivity index (χ1n) is 5.78. The SMILES string of the molecule is CC(C)c1c(N)ncnc1NCCc1ncon1. The molecule has 2 aromatic rings. The molecule has 0 spiro atoms. The van der Waals surface area contributed by atoms with Crippen molar-refractivity contribution in [3.63, 3.8) is 0 Å². The van der Waals surface area contributed by atoms with Crippen molar-refractivity contribution >= 4 is 11.6 Å². The van der Waals surface area contributed by atoms with Gasteiger partial charge in [0.05, 0.1) is 0 Å². The van der Waals surface area contributed by atoms with Gasteiger partial charge < -0.3 is 15.6 Å². The molecular weight excluding hydrogens is 232 g/mol. The molecule has 2 heterocycles. The molecule has 0 aliphatic heterocycles. The van der Waals surface area contributed by atoms with Gasteiger partial charge in [0.1, 0.15) is 18.0 Å². The quantitative estimate of drug-likeness (QED) is 0.819. The van der Waals surface area contributed by atoms with Crippen LogP contribution in [0.15, 0.2) is 17.2 Å². The van der Waals surface area contributed by atoms with Crippen LogP contribution in [0.3, 0.4) is 0 Å². The zero-order valence-electron chi connectivity index (χ0n) is 10.4. The Balaban J connectivity index is 2.03. The van der Waals surface area contributed by atoms with Crippen LogP contribution in [0.1, 0.15) is 31.2 Å². The Morgan fingerprint density at radius 3 is 2.83 bits per heavy atom. The van der Waals surface area contributed by atoms with Crippen LogP contribution in [0.25, 0.3) is 0 Å². The van der Waals surface area contributed by atoms with Crippen molar-refractivity contribution in [2.24, 2.45) is 0 Å². The van der Waals surface area contributed by atoms with E-state index >= 15 is 0 Å². The first-order chi connectivity index (χ1) is 8.68. The summed E-state index contributed by atoms with van der Waals surface area (Å²) < 4.78 is 4.66. The lowest BCUT2D eigenvalue weighted by molar-refractivity contribution is 0.410. The average Bonchev–Trinajstić information content (AvgIpc) is 2.81. The second-order valence-electron chi connectivity index (χ2n) is 4.20. The van der Waals surface area contributed by atoms with Crippen LogP contribution in [-0.4, -0.2) is 26.7 Å². The van der Waals surface area contributed by atoms with Gasteiger partial charge in [0.2, 0.25) is 6.39 Å². The van der Waals surface area contributed by atoms with Gasteiger partial charge in [-0.25, -0.2) is 9.97 Å². The Labute approximate surface area is 105 Å². The lowest BCUT2D eigenvalue weighted by Gasteiger charge is -2.14. The molecule has 0 saturated carbocycles. The molecule has 0 radical (unpaired) electrons. The van der Waals surface area contributed by atoms with Gasteiger partial charge in [0.25, 0.3) is 0 Å². The molecule has 7 heteroatoms. The molecule has 18 heavy (non-hydrogen) atoms. The molecule has 0 fully saturated rings. The number of nitrogens with one attached hydrogen (secondary N) is 1. The molecule has 0 bridgehead atoms. The van der Waals surface area contributed by atoms with E-state index in [1.54, 1.807) is 0 Å². The summed E-state index contributed by atoms with van der Waals surface area (Å²) in [5, 5.41) is 6.96. The van der Waals surface area contributed by atoms with Gasteiger partial charge in [-0.3, -0.25) is 0 Å². The van der Waals surface area contributed by atoms with E-state index in [1.165, 1.54) is 12.7 Å². The van der Waals surface area contributed by atoms with E-state index in [0.717, 1.165) is 11.4 Å². The zero-order chi connectivity index (χ0) is 13.0. The minimum atomic E-state index is 0.263.